The Morgan fingerprint density at radius 1 is 1.21 bits per heavy atom. The summed E-state index contributed by atoms with van der Waals surface area (Å²) < 4.78 is 10.3. The molecule has 2 aromatic rings. The van der Waals surface area contributed by atoms with Gasteiger partial charge in [0.15, 0.2) is 5.69 Å². The lowest BCUT2D eigenvalue weighted by molar-refractivity contribution is -0.137. The van der Waals surface area contributed by atoms with Crippen molar-refractivity contribution in [3.8, 4) is 5.69 Å². The van der Waals surface area contributed by atoms with Crippen LogP contribution in [0.15, 0.2) is 40.0 Å². The number of hydrogen-bond acceptors (Lipinski definition) is 7. The molecule has 1 aromatic carbocycles. The number of methoxy groups -OCH3 is 2. The molecule has 24 heavy (non-hydrogen) atoms. The largest absolute Gasteiger partial charge is 0.468 e. The van der Waals surface area contributed by atoms with E-state index in [1.165, 1.54) is 20.3 Å². The first-order valence-corrected chi connectivity index (χ1v) is 8.01. The minimum Gasteiger partial charge on any atom is -0.468 e. The van der Waals surface area contributed by atoms with Gasteiger partial charge >= 0.3 is 11.9 Å². The Morgan fingerprint density at radius 2 is 1.88 bits per heavy atom. The summed E-state index contributed by atoms with van der Waals surface area (Å²) in [5.74, 6) is -1.27. The number of benzene rings is 1. The smallest absolute Gasteiger partial charge is 0.359 e. The van der Waals surface area contributed by atoms with Gasteiger partial charge in [-0.25, -0.2) is 4.79 Å². The van der Waals surface area contributed by atoms with Crippen molar-refractivity contribution in [1.82, 2.24) is 9.78 Å². The van der Waals surface area contributed by atoms with Crippen LogP contribution >= 0.6 is 23.4 Å². The van der Waals surface area contributed by atoms with Crippen molar-refractivity contribution in [2.24, 2.45) is 0 Å². The van der Waals surface area contributed by atoms with Crippen LogP contribution in [0.3, 0.4) is 0 Å². The molecule has 0 saturated heterocycles. The van der Waals surface area contributed by atoms with E-state index in [4.69, 9.17) is 16.3 Å². The molecule has 0 aliphatic heterocycles. The number of carbonyl (C=O) groups excluding carboxylic acids is 2. The molecule has 0 aliphatic rings. The third kappa shape index (κ3) is 4.15. The summed E-state index contributed by atoms with van der Waals surface area (Å²) >= 11 is 6.80. The molecule has 0 spiro atoms. The van der Waals surface area contributed by atoms with Crippen LogP contribution in [0.25, 0.3) is 5.69 Å². The van der Waals surface area contributed by atoms with E-state index >= 15 is 0 Å². The molecule has 0 bridgehead atoms. The molecule has 1 aromatic heterocycles. The predicted molar refractivity (Wildman–Crippen MR) is 88.9 cm³/mol. The zero-order chi connectivity index (χ0) is 17.7. The highest BCUT2D eigenvalue weighted by Crippen LogP contribution is 2.21. The van der Waals surface area contributed by atoms with E-state index in [0.29, 0.717) is 10.7 Å². The molecule has 126 valence electrons. The van der Waals surface area contributed by atoms with Crippen LogP contribution in [-0.2, 0) is 14.3 Å². The zero-order valence-electron chi connectivity index (χ0n) is 12.8. The number of thioether (sulfide) groups is 1. The molecule has 0 unspecified atom stereocenters. The Balaban J connectivity index is 2.48. The third-order valence-electron chi connectivity index (χ3n) is 2.92. The summed E-state index contributed by atoms with van der Waals surface area (Å²) in [6.45, 7) is 0. The summed E-state index contributed by atoms with van der Waals surface area (Å²) in [5.41, 5.74) is -0.0858. The molecule has 0 fully saturated rings. The second-order valence-electron chi connectivity index (χ2n) is 4.44. The molecule has 0 radical (unpaired) electrons. The van der Waals surface area contributed by atoms with Gasteiger partial charge in [-0.15, -0.1) is 11.8 Å². The number of hydrogen-bond donors (Lipinski definition) is 0. The average molecular weight is 369 g/mol. The van der Waals surface area contributed by atoms with Crippen molar-refractivity contribution in [1.29, 1.82) is 0 Å². The topological polar surface area (TPSA) is 87.5 Å². The van der Waals surface area contributed by atoms with E-state index in [2.05, 4.69) is 9.84 Å². The van der Waals surface area contributed by atoms with Gasteiger partial charge in [0, 0.05) is 16.0 Å². The molecule has 0 saturated carbocycles. The summed E-state index contributed by atoms with van der Waals surface area (Å²) in [5, 5.41) is 4.57. The summed E-state index contributed by atoms with van der Waals surface area (Å²) in [4.78, 5) is 35.7. The SMILES string of the molecule is COC(=O)CSc1cc(=O)n(-c2ccc(Cl)cc2)nc1C(=O)OC. The highest BCUT2D eigenvalue weighted by Gasteiger charge is 2.19. The van der Waals surface area contributed by atoms with E-state index in [-0.39, 0.29) is 16.3 Å². The van der Waals surface area contributed by atoms with Gasteiger partial charge in [0.1, 0.15) is 0 Å². The van der Waals surface area contributed by atoms with Crippen molar-refractivity contribution in [3.63, 3.8) is 0 Å². The molecule has 2 rings (SSSR count). The fraction of sp³-hybridized carbons (Fsp3) is 0.200. The van der Waals surface area contributed by atoms with Crippen LogP contribution < -0.4 is 5.56 Å². The first-order valence-electron chi connectivity index (χ1n) is 6.64. The lowest BCUT2D eigenvalue weighted by Crippen LogP contribution is -2.24. The van der Waals surface area contributed by atoms with Crippen LogP contribution in [-0.4, -0.2) is 41.7 Å². The van der Waals surface area contributed by atoms with Gasteiger partial charge in [0.05, 0.1) is 25.7 Å². The fourth-order valence-electron chi connectivity index (χ4n) is 1.75. The molecular formula is C15H13ClN2O5S. The number of ether oxygens (including phenoxy) is 2. The zero-order valence-corrected chi connectivity index (χ0v) is 14.4. The molecule has 0 N–H and O–H groups in total. The van der Waals surface area contributed by atoms with Crippen molar-refractivity contribution in [3.05, 3.63) is 51.4 Å². The minimum atomic E-state index is -0.718. The average Bonchev–Trinajstić information content (AvgIpc) is 2.59. The van der Waals surface area contributed by atoms with E-state index in [1.54, 1.807) is 24.3 Å². The van der Waals surface area contributed by atoms with E-state index in [1.807, 2.05) is 0 Å². The maximum Gasteiger partial charge on any atom is 0.359 e. The second-order valence-corrected chi connectivity index (χ2v) is 5.89. The van der Waals surface area contributed by atoms with Crippen molar-refractivity contribution in [2.75, 3.05) is 20.0 Å². The van der Waals surface area contributed by atoms with Crippen molar-refractivity contribution in [2.45, 2.75) is 4.90 Å². The van der Waals surface area contributed by atoms with Gasteiger partial charge in [0.25, 0.3) is 5.56 Å². The summed E-state index contributed by atoms with van der Waals surface area (Å²) in [7, 11) is 2.46. The second kappa shape index (κ2) is 7.98. The molecule has 7 nitrogen and oxygen atoms in total. The summed E-state index contributed by atoms with van der Waals surface area (Å²) in [6, 6.07) is 7.62. The minimum absolute atomic E-state index is 0.0629. The lowest BCUT2D eigenvalue weighted by Gasteiger charge is -2.10. The maximum absolute atomic E-state index is 12.3. The Hall–Kier alpha value is -2.32. The Morgan fingerprint density at radius 3 is 2.46 bits per heavy atom. The van der Waals surface area contributed by atoms with Gasteiger partial charge in [-0.05, 0) is 24.3 Å². The van der Waals surface area contributed by atoms with Crippen molar-refractivity contribution < 1.29 is 19.1 Å². The monoisotopic (exact) mass is 368 g/mol. The van der Waals surface area contributed by atoms with Crippen LogP contribution in [0.1, 0.15) is 10.5 Å². The number of nitrogens with zero attached hydrogens (tertiary/aromatic N) is 2. The fourth-order valence-corrected chi connectivity index (χ4v) is 2.71. The molecule has 0 aliphatic carbocycles. The van der Waals surface area contributed by atoms with Gasteiger partial charge in [-0.2, -0.15) is 9.78 Å². The van der Waals surface area contributed by atoms with Crippen LogP contribution in [0.4, 0.5) is 0 Å². The predicted octanol–water partition coefficient (Wildman–Crippen LogP) is 1.94. The van der Waals surface area contributed by atoms with Gasteiger partial charge < -0.3 is 9.47 Å². The first kappa shape index (κ1) is 18.0. The Bertz CT molecular complexity index is 820. The Labute approximate surface area is 146 Å². The molecule has 0 amide bonds. The number of esters is 2. The lowest BCUT2D eigenvalue weighted by atomic mass is 10.3. The van der Waals surface area contributed by atoms with Crippen LogP contribution in [0.5, 0.6) is 0 Å². The highest BCUT2D eigenvalue weighted by molar-refractivity contribution is 8.00. The number of aromatic nitrogens is 2. The maximum atomic E-state index is 12.3. The van der Waals surface area contributed by atoms with E-state index in [0.717, 1.165) is 16.4 Å². The number of halogens is 1. The quantitative estimate of drug-likeness (QED) is 0.588. The van der Waals surface area contributed by atoms with Crippen LogP contribution in [0.2, 0.25) is 5.02 Å². The van der Waals surface area contributed by atoms with E-state index in [9.17, 15) is 14.4 Å². The van der Waals surface area contributed by atoms with E-state index < -0.39 is 17.5 Å². The number of carbonyl (C=O) groups is 2. The molecule has 9 heteroatoms. The van der Waals surface area contributed by atoms with Crippen LogP contribution in [0, 0.1) is 0 Å². The Kier molecular flexibility index (Phi) is 5.99. The molecule has 0 atom stereocenters. The van der Waals surface area contributed by atoms with Gasteiger partial charge in [0.2, 0.25) is 0 Å². The standard InChI is InChI=1S/C15H13ClN2O5S/c1-22-13(20)8-24-11-7-12(19)18(17-14(11)15(21)23-2)10-5-3-9(16)4-6-10/h3-7H,8H2,1-2H3. The highest BCUT2D eigenvalue weighted by atomic mass is 35.5. The molecular weight excluding hydrogens is 356 g/mol. The third-order valence-corrected chi connectivity index (χ3v) is 4.17. The van der Waals surface area contributed by atoms with Gasteiger partial charge in [-0.3, -0.25) is 9.59 Å². The molecule has 1 heterocycles. The summed E-state index contributed by atoms with van der Waals surface area (Å²) in [6.07, 6.45) is 0. The normalized spacial score (nSPS) is 10.3. The van der Waals surface area contributed by atoms with Crippen molar-refractivity contribution >= 4 is 35.3 Å². The first-order chi connectivity index (χ1) is 11.5. The number of rotatable bonds is 5. The van der Waals surface area contributed by atoms with Gasteiger partial charge in [-0.1, -0.05) is 11.6 Å².